The van der Waals surface area contributed by atoms with Crippen molar-refractivity contribution < 1.29 is 4.79 Å². The fourth-order valence-corrected chi connectivity index (χ4v) is 3.83. The van der Waals surface area contributed by atoms with Gasteiger partial charge in [-0.3, -0.25) is 4.79 Å². The van der Waals surface area contributed by atoms with E-state index in [2.05, 4.69) is 33.0 Å². The van der Waals surface area contributed by atoms with Gasteiger partial charge in [-0.15, -0.1) is 0 Å². The third-order valence-corrected chi connectivity index (χ3v) is 3.98. The van der Waals surface area contributed by atoms with Crippen molar-refractivity contribution in [2.45, 2.75) is 85.2 Å². The molecule has 112 valence electrons. The van der Waals surface area contributed by atoms with Crippen LogP contribution in [0.15, 0.2) is 0 Å². The summed E-state index contributed by atoms with van der Waals surface area (Å²) in [5.41, 5.74) is 6.35. The molecule has 1 atom stereocenters. The number of hydrogen-bond acceptors (Lipinski definition) is 2. The lowest BCUT2D eigenvalue weighted by Crippen LogP contribution is -2.46. The first-order valence-corrected chi connectivity index (χ1v) is 7.65. The first-order valence-electron chi connectivity index (χ1n) is 7.65. The minimum Gasteiger partial charge on any atom is -0.353 e. The van der Waals surface area contributed by atoms with Crippen molar-refractivity contribution in [3.63, 3.8) is 0 Å². The van der Waals surface area contributed by atoms with Crippen LogP contribution in [0.3, 0.4) is 0 Å². The smallest absolute Gasteiger partial charge is 0.220 e. The van der Waals surface area contributed by atoms with Crippen LogP contribution < -0.4 is 11.1 Å². The zero-order valence-electron chi connectivity index (χ0n) is 13.4. The molecule has 1 amide bonds. The maximum absolute atomic E-state index is 12.0. The molecular weight excluding hydrogens is 236 g/mol. The van der Waals surface area contributed by atoms with E-state index >= 15 is 0 Å². The molecule has 1 aliphatic rings. The highest BCUT2D eigenvalue weighted by atomic mass is 16.1. The van der Waals surface area contributed by atoms with Crippen LogP contribution >= 0.6 is 0 Å². The molecule has 3 heteroatoms. The molecule has 1 fully saturated rings. The van der Waals surface area contributed by atoms with Gasteiger partial charge >= 0.3 is 0 Å². The lowest BCUT2D eigenvalue weighted by Gasteiger charge is -2.45. The van der Waals surface area contributed by atoms with Crippen LogP contribution in [0, 0.1) is 10.8 Å². The molecule has 3 N–H and O–H groups in total. The molecule has 1 rings (SSSR count). The Labute approximate surface area is 118 Å². The van der Waals surface area contributed by atoms with Gasteiger partial charge < -0.3 is 11.1 Å². The maximum Gasteiger partial charge on any atom is 0.220 e. The predicted octanol–water partition coefficient (Wildman–Crippen LogP) is 3.23. The molecule has 0 bridgehead atoms. The molecule has 1 unspecified atom stereocenters. The van der Waals surface area contributed by atoms with Crippen LogP contribution in [-0.2, 0) is 4.79 Å². The Kier molecular flexibility index (Phi) is 5.43. The quantitative estimate of drug-likeness (QED) is 0.804. The molecule has 1 aliphatic carbocycles. The van der Waals surface area contributed by atoms with Gasteiger partial charge in [0.1, 0.15) is 0 Å². The minimum atomic E-state index is 0.194. The summed E-state index contributed by atoms with van der Waals surface area (Å²) in [6, 6.07) is 0.530. The monoisotopic (exact) mass is 268 g/mol. The van der Waals surface area contributed by atoms with Gasteiger partial charge in [-0.1, -0.05) is 27.7 Å². The van der Waals surface area contributed by atoms with Gasteiger partial charge in [-0.25, -0.2) is 0 Å². The molecule has 1 saturated carbocycles. The van der Waals surface area contributed by atoms with Crippen molar-refractivity contribution in [2.75, 3.05) is 0 Å². The molecule has 19 heavy (non-hydrogen) atoms. The van der Waals surface area contributed by atoms with E-state index in [1.165, 1.54) is 6.42 Å². The van der Waals surface area contributed by atoms with E-state index < -0.39 is 0 Å². The maximum atomic E-state index is 12.0. The fourth-order valence-electron chi connectivity index (χ4n) is 3.83. The van der Waals surface area contributed by atoms with Crippen molar-refractivity contribution in [1.29, 1.82) is 0 Å². The summed E-state index contributed by atoms with van der Waals surface area (Å²) in [6.45, 7) is 11.2. The highest BCUT2D eigenvalue weighted by Gasteiger charge is 2.38. The highest BCUT2D eigenvalue weighted by molar-refractivity contribution is 5.76. The van der Waals surface area contributed by atoms with Crippen molar-refractivity contribution in [3.05, 3.63) is 0 Å². The van der Waals surface area contributed by atoms with Gasteiger partial charge in [-0.05, 0) is 49.9 Å². The zero-order chi connectivity index (χ0) is 14.7. The SMILES string of the molecule is CC(N)CCCC(=O)NC1CC(C)(C)CC(C)(C)C1. The summed E-state index contributed by atoms with van der Waals surface area (Å²) in [5, 5.41) is 3.22. The Morgan fingerprint density at radius 3 is 2.26 bits per heavy atom. The van der Waals surface area contributed by atoms with Gasteiger partial charge in [0.2, 0.25) is 5.91 Å². The molecule has 0 aliphatic heterocycles. The Hall–Kier alpha value is -0.570. The number of carbonyl (C=O) groups excluding carboxylic acids is 1. The van der Waals surface area contributed by atoms with Gasteiger partial charge in [-0.2, -0.15) is 0 Å². The third kappa shape index (κ3) is 6.42. The molecule has 0 aromatic rings. The van der Waals surface area contributed by atoms with Crippen LogP contribution in [0.25, 0.3) is 0 Å². The summed E-state index contributed by atoms with van der Waals surface area (Å²) in [5.74, 6) is 0.194. The number of hydrogen-bond donors (Lipinski definition) is 2. The van der Waals surface area contributed by atoms with Crippen molar-refractivity contribution in [3.8, 4) is 0 Å². The lowest BCUT2D eigenvalue weighted by molar-refractivity contribution is -0.122. The highest BCUT2D eigenvalue weighted by Crippen LogP contribution is 2.45. The zero-order valence-corrected chi connectivity index (χ0v) is 13.4. The average molecular weight is 268 g/mol. The Bertz CT molecular complexity index is 292. The van der Waals surface area contributed by atoms with Crippen LogP contribution in [-0.4, -0.2) is 18.0 Å². The third-order valence-electron chi connectivity index (χ3n) is 3.98. The molecular formula is C16H32N2O. The normalized spacial score (nSPS) is 23.9. The van der Waals surface area contributed by atoms with E-state index in [1.54, 1.807) is 0 Å². The van der Waals surface area contributed by atoms with Gasteiger partial charge in [0, 0.05) is 18.5 Å². The fraction of sp³-hybridized carbons (Fsp3) is 0.938. The molecule has 3 nitrogen and oxygen atoms in total. The molecule has 0 aromatic carbocycles. The van der Waals surface area contributed by atoms with Crippen LogP contribution in [0.2, 0.25) is 0 Å². The van der Waals surface area contributed by atoms with Crippen LogP contribution in [0.4, 0.5) is 0 Å². The van der Waals surface area contributed by atoms with Crippen molar-refractivity contribution >= 4 is 5.91 Å². The molecule has 0 heterocycles. The van der Waals surface area contributed by atoms with E-state index in [4.69, 9.17) is 5.73 Å². The average Bonchev–Trinajstić information content (AvgIpc) is 2.10. The number of carbonyl (C=O) groups is 1. The minimum absolute atomic E-state index is 0.194. The summed E-state index contributed by atoms with van der Waals surface area (Å²) < 4.78 is 0. The number of nitrogens with two attached hydrogens (primary N) is 1. The summed E-state index contributed by atoms with van der Waals surface area (Å²) in [7, 11) is 0. The van der Waals surface area contributed by atoms with Crippen LogP contribution in [0.5, 0.6) is 0 Å². The van der Waals surface area contributed by atoms with Crippen molar-refractivity contribution in [1.82, 2.24) is 5.32 Å². The van der Waals surface area contributed by atoms with E-state index in [9.17, 15) is 4.79 Å². The second-order valence-electron chi connectivity index (χ2n) is 8.05. The standard InChI is InChI=1S/C16H32N2O/c1-12(17)7-6-8-14(19)18-13-9-15(2,3)11-16(4,5)10-13/h12-13H,6-11,17H2,1-5H3,(H,18,19). The first kappa shape index (κ1) is 16.5. The molecule has 0 saturated heterocycles. The van der Waals surface area contributed by atoms with Gasteiger partial charge in [0.05, 0.1) is 0 Å². The molecule has 0 aromatic heterocycles. The van der Waals surface area contributed by atoms with Gasteiger partial charge in [0.15, 0.2) is 0 Å². The molecule has 0 spiro atoms. The van der Waals surface area contributed by atoms with Crippen molar-refractivity contribution in [2.24, 2.45) is 16.6 Å². The van der Waals surface area contributed by atoms with E-state index in [0.29, 0.717) is 23.3 Å². The first-order chi connectivity index (χ1) is 8.60. The van der Waals surface area contributed by atoms with E-state index in [-0.39, 0.29) is 11.9 Å². The van der Waals surface area contributed by atoms with E-state index in [1.807, 2.05) is 6.92 Å². The lowest BCUT2D eigenvalue weighted by atomic mass is 9.63. The largest absolute Gasteiger partial charge is 0.353 e. The topological polar surface area (TPSA) is 55.1 Å². The number of amides is 1. The summed E-state index contributed by atoms with van der Waals surface area (Å²) in [6.07, 6.45) is 5.85. The number of rotatable bonds is 5. The van der Waals surface area contributed by atoms with Crippen LogP contribution in [0.1, 0.15) is 73.1 Å². The second-order valence-corrected chi connectivity index (χ2v) is 8.05. The Balaban J connectivity index is 2.41. The second kappa shape index (κ2) is 6.25. The predicted molar refractivity (Wildman–Crippen MR) is 80.8 cm³/mol. The summed E-state index contributed by atoms with van der Waals surface area (Å²) in [4.78, 5) is 12.0. The number of nitrogens with one attached hydrogen (secondary N) is 1. The Morgan fingerprint density at radius 2 is 1.79 bits per heavy atom. The summed E-state index contributed by atoms with van der Waals surface area (Å²) >= 11 is 0. The molecule has 0 radical (unpaired) electrons. The van der Waals surface area contributed by atoms with E-state index in [0.717, 1.165) is 25.7 Å². The van der Waals surface area contributed by atoms with Gasteiger partial charge in [0.25, 0.3) is 0 Å². The Morgan fingerprint density at radius 1 is 1.26 bits per heavy atom.